The molecule has 7 rings (SSSR count). The normalized spacial score (nSPS) is 35.3. The van der Waals surface area contributed by atoms with Crippen LogP contribution in [0, 0.1) is 28.6 Å². The third-order valence-corrected chi connectivity index (χ3v) is 13.0. The van der Waals surface area contributed by atoms with Crippen LogP contribution in [0.15, 0.2) is 91.0 Å². The van der Waals surface area contributed by atoms with E-state index in [1.807, 2.05) is 78.9 Å². The van der Waals surface area contributed by atoms with Gasteiger partial charge in [0.1, 0.15) is 18.3 Å². The van der Waals surface area contributed by atoms with Crippen LogP contribution in [0.5, 0.6) is 0 Å². The van der Waals surface area contributed by atoms with Crippen LogP contribution in [0.25, 0.3) is 0 Å². The lowest BCUT2D eigenvalue weighted by Crippen LogP contribution is -2.64. The molecule has 1 heterocycles. The zero-order chi connectivity index (χ0) is 35.6. The molecule has 0 amide bonds. The molecule has 4 fully saturated rings. The topological polar surface area (TPSA) is 72.5 Å². The molecule has 1 aliphatic heterocycles. The first-order chi connectivity index (χ1) is 24.6. The van der Waals surface area contributed by atoms with Gasteiger partial charge in [-0.3, -0.25) is 4.79 Å². The van der Waals surface area contributed by atoms with Gasteiger partial charge >= 0.3 is 5.97 Å². The number of ether oxygens (including phenoxy) is 6. The molecule has 3 saturated carbocycles. The molecule has 1 saturated heterocycles. The van der Waals surface area contributed by atoms with Gasteiger partial charge in [-0.2, -0.15) is 0 Å². The Labute approximate surface area is 304 Å². The third kappa shape index (κ3) is 7.43. The summed E-state index contributed by atoms with van der Waals surface area (Å²) in [5, 5.41) is 0. The van der Waals surface area contributed by atoms with Crippen molar-refractivity contribution in [2.45, 2.75) is 123 Å². The second-order valence-corrected chi connectivity index (χ2v) is 16.4. The van der Waals surface area contributed by atoms with E-state index in [0.717, 1.165) is 41.9 Å². The lowest BCUT2D eigenvalue weighted by atomic mass is 9.64. The van der Waals surface area contributed by atoms with Crippen molar-refractivity contribution in [3.8, 4) is 0 Å². The van der Waals surface area contributed by atoms with Gasteiger partial charge in [-0.15, -0.1) is 0 Å². The first-order valence-corrected chi connectivity index (χ1v) is 19.0. The molecule has 3 aromatic rings. The van der Waals surface area contributed by atoms with Crippen LogP contribution < -0.4 is 0 Å². The maximum atomic E-state index is 12.9. The first-order valence-electron chi connectivity index (χ1n) is 19.0. The molecule has 2 bridgehead atoms. The van der Waals surface area contributed by atoms with Gasteiger partial charge in [0.15, 0.2) is 12.4 Å². The maximum absolute atomic E-state index is 12.9. The summed E-state index contributed by atoms with van der Waals surface area (Å²) in [5.74, 6) is 1.34. The molecule has 1 spiro atoms. The summed E-state index contributed by atoms with van der Waals surface area (Å²) in [6.07, 6.45) is 2.26. The summed E-state index contributed by atoms with van der Waals surface area (Å²) in [5.41, 5.74) is 3.14. The highest BCUT2D eigenvalue weighted by Crippen LogP contribution is 2.73. The average Bonchev–Trinajstić information content (AvgIpc) is 3.56. The molecule has 4 aliphatic rings. The van der Waals surface area contributed by atoms with Crippen molar-refractivity contribution in [2.24, 2.45) is 28.6 Å². The molecule has 7 heteroatoms. The molecule has 0 aromatic heterocycles. The van der Waals surface area contributed by atoms with Gasteiger partial charge in [0.25, 0.3) is 0 Å². The molecule has 0 radical (unpaired) electrons. The van der Waals surface area contributed by atoms with Crippen molar-refractivity contribution in [1.29, 1.82) is 0 Å². The largest absolute Gasteiger partial charge is 0.454 e. The number of carbonyl (C=O) groups is 1. The van der Waals surface area contributed by atoms with Gasteiger partial charge in [-0.1, -0.05) is 112 Å². The average molecular weight is 697 g/mol. The van der Waals surface area contributed by atoms with Crippen molar-refractivity contribution >= 4 is 5.97 Å². The summed E-state index contributed by atoms with van der Waals surface area (Å²) in [6, 6.07) is 30.2. The number of hydrogen-bond acceptors (Lipinski definition) is 7. The summed E-state index contributed by atoms with van der Waals surface area (Å²) >= 11 is 0. The van der Waals surface area contributed by atoms with Gasteiger partial charge in [-0.05, 0) is 84.3 Å². The minimum atomic E-state index is -0.871. The number of fused-ring (bicyclic) bond motifs is 1. The lowest BCUT2D eigenvalue weighted by Gasteiger charge is -2.52. The molecular formula is C44H56O7. The Kier molecular flexibility index (Phi) is 10.8. The molecule has 51 heavy (non-hydrogen) atoms. The number of benzene rings is 3. The highest BCUT2D eigenvalue weighted by molar-refractivity contribution is 5.66. The number of esters is 1. The van der Waals surface area contributed by atoms with Gasteiger partial charge in [0.05, 0.1) is 32.0 Å². The summed E-state index contributed by atoms with van der Waals surface area (Å²) < 4.78 is 40.3. The second kappa shape index (κ2) is 15.1. The molecule has 0 unspecified atom stereocenters. The first kappa shape index (κ1) is 36.3. The molecule has 274 valence electrons. The Balaban J connectivity index is 1.21. The van der Waals surface area contributed by atoms with E-state index >= 15 is 0 Å². The van der Waals surface area contributed by atoms with Crippen LogP contribution in [-0.2, 0) is 53.0 Å². The molecule has 3 aromatic carbocycles. The second-order valence-electron chi connectivity index (χ2n) is 16.4. The van der Waals surface area contributed by atoms with Crippen molar-refractivity contribution < 1.29 is 33.2 Å². The highest BCUT2D eigenvalue weighted by Gasteiger charge is 2.69. The van der Waals surface area contributed by atoms with E-state index in [0.29, 0.717) is 37.1 Å². The molecule has 3 aliphatic carbocycles. The van der Waals surface area contributed by atoms with E-state index in [1.165, 1.54) is 19.8 Å². The fourth-order valence-corrected chi connectivity index (χ4v) is 10.5. The van der Waals surface area contributed by atoms with Gasteiger partial charge in [0, 0.05) is 6.92 Å². The Hall–Kier alpha value is -3.07. The maximum Gasteiger partial charge on any atom is 0.303 e. The summed E-state index contributed by atoms with van der Waals surface area (Å²) in [6.45, 7) is 12.4. The minimum absolute atomic E-state index is 0.115. The van der Waals surface area contributed by atoms with E-state index in [2.05, 4.69) is 39.8 Å². The van der Waals surface area contributed by atoms with Crippen LogP contribution in [0.1, 0.15) is 83.4 Å². The van der Waals surface area contributed by atoms with Crippen LogP contribution >= 0.6 is 0 Å². The highest BCUT2D eigenvalue weighted by atomic mass is 16.7. The van der Waals surface area contributed by atoms with Crippen molar-refractivity contribution in [3.63, 3.8) is 0 Å². The monoisotopic (exact) mass is 696 g/mol. The van der Waals surface area contributed by atoms with E-state index in [4.69, 9.17) is 28.4 Å². The Bertz CT molecular complexity index is 1580. The van der Waals surface area contributed by atoms with E-state index in [-0.39, 0.29) is 12.0 Å². The van der Waals surface area contributed by atoms with E-state index in [9.17, 15) is 4.79 Å². The van der Waals surface area contributed by atoms with Crippen molar-refractivity contribution in [2.75, 3.05) is 6.61 Å². The van der Waals surface area contributed by atoms with E-state index in [1.54, 1.807) is 0 Å². The Morgan fingerprint density at radius 1 is 0.725 bits per heavy atom. The number of rotatable bonds is 13. The van der Waals surface area contributed by atoms with Crippen molar-refractivity contribution in [1.82, 2.24) is 0 Å². The fourth-order valence-electron chi connectivity index (χ4n) is 10.5. The fraction of sp³-hybridized carbons (Fsp3) is 0.568. The lowest BCUT2D eigenvalue weighted by molar-refractivity contribution is -0.349. The molecule has 0 N–H and O–H groups in total. The third-order valence-electron chi connectivity index (χ3n) is 13.0. The van der Waals surface area contributed by atoms with Crippen molar-refractivity contribution in [3.05, 3.63) is 108 Å². The molecule has 7 nitrogen and oxygen atoms in total. The predicted molar refractivity (Wildman–Crippen MR) is 195 cm³/mol. The van der Waals surface area contributed by atoms with Gasteiger partial charge < -0.3 is 28.4 Å². The predicted octanol–water partition coefficient (Wildman–Crippen LogP) is 8.68. The smallest absolute Gasteiger partial charge is 0.303 e. The molecule has 10 atom stereocenters. The Morgan fingerprint density at radius 2 is 1.29 bits per heavy atom. The SMILES string of the molecule is CC(=O)O[C@@H]1[C@@H](O[C@]2(C)CC[C@@]34C[C@@H]2C(C)(C)[C@@H]3CC[C@H]4C)O[C@H](COCc2ccccc2)[C@@H](OCc2ccccc2)[C@@H]1OCc1ccccc1. The number of carbonyl (C=O) groups excluding carboxylic acids is 1. The Morgan fingerprint density at radius 3 is 1.88 bits per heavy atom. The van der Waals surface area contributed by atoms with Crippen LogP contribution in [-0.4, -0.2) is 48.9 Å². The van der Waals surface area contributed by atoms with Gasteiger partial charge in [-0.25, -0.2) is 0 Å². The van der Waals surface area contributed by atoms with Crippen LogP contribution in [0.4, 0.5) is 0 Å². The van der Waals surface area contributed by atoms with Crippen LogP contribution in [0.3, 0.4) is 0 Å². The zero-order valence-electron chi connectivity index (χ0n) is 31.0. The quantitative estimate of drug-likeness (QED) is 0.166. The van der Waals surface area contributed by atoms with Gasteiger partial charge in [0.2, 0.25) is 0 Å². The van der Waals surface area contributed by atoms with E-state index < -0.39 is 42.3 Å². The summed E-state index contributed by atoms with van der Waals surface area (Å²) in [4.78, 5) is 12.9. The standard InChI is InChI=1S/C44H56O7/c1-30-21-22-36-42(3,4)37-25-44(30,36)24-23-43(37,5)51-41-40(49-31(2)45)39(48-28-34-19-13-8-14-20-34)38(47-27-33-17-11-7-12-18-33)35(50-41)29-46-26-32-15-9-6-10-16-32/h6-20,30,35-41H,21-29H2,1-5H3/t30-,35-,36+,37-,38-,39+,40+,41-,43-,44+/m1/s1. The summed E-state index contributed by atoms with van der Waals surface area (Å²) in [7, 11) is 0. The number of hydrogen-bond donors (Lipinski definition) is 0. The molecular weight excluding hydrogens is 640 g/mol. The minimum Gasteiger partial charge on any atom is -0.454 e. The zero-order valence-corrected chi connectivity index (χ0v) is 31.0. The van der Waals surface area contributed by atoms with Crippen LogP contribution in [0.2, 0.25) is 0 Å².